The molecule has 0 aliphatic carbocycles. The summed E-state index contributed by atoms with van der Waals surface area (Å²) < 4.78 is 43.8. The third-order valence-electron chi connectivity index (χ3n) is 2.23. The first-order valence-corrected chi connectivity index (χ1v) is 5.45. The van der Waals surface area contributed by atoms with E-state index in [1.54, 1.807) is 30.3 Å². The maximum atomic E-state index is 12.8. The van der Waals surface area contributed by atoms with Crippen molar-refractivity contribution in [3.8, 4) is 11.5 Å². The maximum Gasteiger partial charge on any atom is 0.421 e. The molecule has 18 heavy (non-hydrogen) atoms. The van der Waals surface area contributed by atoms with E-state index in [0.29, 0.717) is 5.75 Å². The van der Waals surface area contributed by atoms with Gasteiger partial charge in [-0.05, 0) is 24.3 Å². The van der Waals surface area contributed by atoms with E-state index in [2.05, 4.69) is 0 Å². The normalized spacial score (nSPS) is 11.3. The molecule has 2 rings (SSSR count). The number of hydrogen-bond donors (Lipinski definition) is 0. The van der Waals surface area contributed by atoms with Crippen LogP contribution < -0.4 is 4.74 Å². The zero-order valence-electron chi connectivity index (χ0n) is 9.04. The second kappa shape index (κ2) is 4.90. The van der Waals surface area contributed by atoms with Crippen LogP contribution in [0.15, 0.2) is 48.5 Å². The molecule has 0 aliphatic rings. The number of para-hydroxylation sites is 1. The fraction of sp³-hybridized carbons (Fsp3) is 0.0769. The largest absolute Gasteiger partial charge is 0.457 e. The molecule has 5 heteroatoms. The predicted octanol–water partition coefficient (Wildman–Crippen LogP) is 5.15. The van der Waals surface area contributed by atoms with Gasteiger partial charge in [-0.1, -0.05) is 35.9 Å². The van der Waals surface area contributed by atoms with Gasteiger partial charge in [0.05, 0.1) is 5.02 Å². The molecule has 0 spiro atoms. The van der Waals surface area contributed by atoms with Gasteiger partial charge >= 0.3 is 6.18 Å². The Balaban J connectivity index is 2.43. The molecule has 0 radical (unpaired) electrons. The second-order valence-corrected chi connectivity index (χ2v) is 3.93. The molecule has 0 N–H and O–H groups in total. The number of halogens is 4. The first-order valence-electron chi connectivity index (χ1n) is 5.07. The lowest BCUT2D eigenvalue weighted by atomic mass is 10.2. The van der Waals surface area contributed by atoms with E-state index in [1.165, 1.54) is 18.2 Å². The highest BCUT2D eigenvalue weighted by Gasteiger charge is 2.37. The van der Waals surface area contributed by atoms with E-state index in [-0.39, 0.29) is 10.8 Å². The van der Waals surface area contributed by atoms with Crippen LogP contribution >= 0.6 is 11.6 Å². The molecule has 0 aliphatic heterocycles. The van der Waals surface area contributed by atoms with Gasteiger partial charge in [-0.2, -0.15) is 13.2 Å². The first-order chi connectivity index (χ1) is 8.48. The van der Waals surface area contributed by atoms with E-state index >= 15 is 0 Å². The highest BCUT2D eigenvalue weighted by Crippen LogP contribution is 2.42. The number of benzene rings is 2. The van der Waals surface area contributed by atoms with Crippen molar-refractivity contribution in [3.05, 3.63) is 59.1 Å². The summed E-state index contributed by atoms with van der Waals surface area (Å²) in [6, 6.07) is 12.1. The zero-order valence-corrected chi connectivity index (χ0v) is 9.79. The predicted molar refractivity (Wildman–Crippen MR) is 63.0 cm³/mol. The summed E-state index contributed by atoms with van der Waals surface area (Å²) in [6.07, 6.45) is -4.55. The van der Waals surface area contributed by atoms with Gasteiger partial charge in [0.15, 0.2) is 0 Å². The molecule has 0 unspecified atom stereocenters. The van der Waals surface area contributed by atoms with Crippen LogP contribution in [0.4, 0.5) is 13.2 Å². The Bertz CT molecular complexity index is 538. The quantitative estimate of drug-likeness (QED) is 0.734. The highest BCUT2D eigenvalue weighted by molar-refractivity contribution is 6.31. The van der Waals surface area contributed by atoms with Gasteiger partial charge in [0.25, 0.3) is 0 Å². The summed E-state index contributed by atoms with van der Waals surface area (Å²) in [7, 11) is 0. The summed E-state index contributed by atoms with van der Waals surface area (Å²) in [5.41, 5.74) is -0.962. The van der Waals surface area contributed by atoms with Crippen LogP contribution in [-0.2, 0) is 6.18 Å². The van der Waals surface area contributed by atoms with Crippen molar-refractivity contribution < 1.29 is 17.9 Å². The summed E-state index contributed by atoms with van der Waals surface area (Å²) in [5.74, 6) is 0.0199. The SMILES string of the molecule is FC(F)(F)c1c(Cl)cccc1Oc1ccccc1. The number of hydrogen-bond acceptors (Lipinski definition) is 1. The summed E-state index contributed by atoms with van der Waals surface area (Å²) in [6.45, 7) is 0. The fourth-order valence-corrected chi connectivity index (χ4v) is 1.75. The molecule has 0 saturated carbocycles. The van der Waals surface area contributed by atoms with E-state index in [9.17, 15) is 13.2 Å². The summed E-state index contributed by atoms with van der Waals surface area (Å²) >= 11 is 5.58. The minimum absolute atomic E-state index is 0.304. The maximum absolute atomic E-state index is 12.8. The third-order valence-corrected chi connectivity index (χ3v) is 2.54. The van der Waals surface area contributed by atoms with E-state index in [4.69, 9.17) is 16.3 Å². The Morgan fingerprint density at radius 1 is 0.889 bits per heavy atom. The first kappa shape index (κ1) is 12.8. The van der Waals surface area contributed by atoms with Crippen molar-refractivity contribution in [1.29, 1.82) is 0 Å². The van der Waals surface area contributed by atoms with E-state index in [1.807, 2.05) is 0 Å². The van der Waals surface area contributed by atoms with Gasteiger partial charge in [0.2, 0.25) is 0 Å². The van der Waals surface area contributed by atoms with Crippen LogP contribution in [-0.4, -0.2) is 0 Å². The van der Waals surface area contributed by atoms with E-state index in [0.717, 1.165) is 0 Å². The average Bonchev–Trinajstić information content (AvgIpc) is 2.28. The van der Waals surface area contributed by atoms with Crippen LogP contribution in [0.5, 0.6) is 11.5 Å². The lowest BCUT2D eigenvalue weighted by Gasteiger charge is -2.14. The number of ether oxygens (including phenoxy) is 1. The lowest BCUT2D eigenvalue weighted by molar-refractivity contribution is -0.138. The minimum atomic E-state index is -4.55. The van der Waals surface area contributed by atoms with Crippen LogP contribution in [0.1, 0.15) is 5.56 Å². The van der Waals surface area contributed by atoms with Crippen molar-refractivity contribution in [3.63, 3.8) is 0 Å². The number of rotatable bonds is 2. The Morgan fingerprint density at radius 2 is 1.56 bits per heavy atom. The second-order valence-electron chi connectivity index (χ2n) is 3.53. The summed E-state index contributed by atoms with van der Waals surface area (Å²) in [5, 5.41) is -0.379. The molecule has 0 bridgehead atoms. The van der Waals surface area contributed by atoms with Crippen LogP contribution in [0.3, 0.4) is 0 Å². The topological polar surface area (TPSA) is 9.23 Å². The molecule has 94 valence electrons. The van der Waals surface area contributed by atoms with Crippen molar-refractivity contribution in [1.82, 2.24) is 0 Å². The number of alkyl halides is 3. The van der Waals surface area contributed by atoms with Crippen LogP contribution in [0.2, 0.25) is 5.02 Å². The molecule has 1 nitrogen and oxygen atoms in total. The molecule has 0 atom stereocenters. The van der Waals surface area contributed by atoms with Gasteiger partial charge in [-0.15, -0.1) is 0 Å². The van der Waals surface area contributed by atoms with Crippen LogP contribution in [0.25, 0.3) is 0 Å². The molecule has 0 fully saturated rings. The van der Waals surface area contributed by atoms with Gasteiger partial charge in [0.1, 0.15) is 17.1 Å². The molecule has 0 aromatic heterocycles. The van der Waals surface area contributed by atoms with Gasteiger partial charge < -0.3 is 4.74 Å². The monoisotopic (exact) mass is 272 g/mol. The van der Waals surface area contributed by atoms with Gasteiger partial charge in [-0.25, -0.2) is 0 Å². The molecule has 2 aromatic carbocycles. The molecular weight excluding hydrogens is 265 g/mol. The Kier molecular flexibility index (Phi) is 3.48. The Hall–Kier alpha value is -1.68. The van der Waals surface area contributed by atoms with Crippen molar-refractivity contribution in [2.75, 3.05) is 0 Å². The lowest BCUT2D eigenvalue weighted by Crippen LogP contribution is -2.08. The van der Waals surface area contributed by atoms with Gasteiger partial charge in [-0.3, -0.25) is 0 Å². The highest BCUT2D eigenvalue weighted by atomic mass is 35.5. The molecular formula is C13H8ClF3O. The zero-order chi connectivity index (χ0) is 13.2. The molecule has 0 amide bonds. The molecule has 0 heterocycles. The van der Waals surface area contributed by atoms with Crippen LogP contribution in [0, 0.1) is 0 Å². The molecule has 0 saturated heterocycles. The van der Waals surface area contributed by atoms with Gasteiger partial charge in [0, 0.05) is 0 Å². The summed E-state index contributed by atoms with van der Waals surface area (Å²) in [4.78, 5) is 0. The third kappa shape index (κ3) is 2.76. The Morgan fingerprint density at radius 3 is 2.17 bits per heavy atom. The molecule has 2 aromatic rings. The average molecular weight is 273 g/mol. The smallest absolute Gasteiger partial charge is 0.421 e. The van der Waals surface area contributed by atoms with Crippen molar-refractivity contribution in [2.24, 2.45) is 0 Å². The fourth-order valence-electron chi connectivity index (χ4n) is 1.48. The van der Waals surface area contributed by atoms with E-state index < -0.39 is 11.7 Å². The Labute approximate surface area is 107 Å². The van der Waals surface area contributed by atoms with Crippen molar-refractivity contribution in [2.45, 2.75) is 6.18 Å². The standard InChI is InChI=1S/C13H8ClF3O/c14-10-7-4-8-11(12(10)13(15,16)17)18-9-5-2-1-3-6-9/h1-8H. The van der Waals surface area contributed by atoms with Crippen molar-refractivity contribution >= 4 is 11.6 Å². The minimum Gasteiger partial charge on any atom is -0.457 e.